The van der Waals surface area contributed by atoms with Gasteiger partial charge in [-0.2, -0.15) is 0 Å². The fourth-order valence-corrected chi connectivity index (χ4v) is 1.47. The molecule has 1 aromatic heterocycles. The molecule has 0 bridgehead atoms. The molecule has 0 aromatic carbocycles. The van der Waals surface area contributed by atoms with Gasteiger partial charge in [-0.3, -0.25) is 9.98 Å². The lowest BCUT2D eigenvalue weighted by Crippen LogP contribution is -1.86. The third kappa shape index (κ3) is 0.778. The van der Waals surface area contributed by atoms with E-state index in [1.165, 1.54) is 11.1 Å². The monoisotopic (exact) mass is 196 g/mol. The summed E-state index contributed by atoms with van der Waals surface area (Å²) in [5.74, 6) is 0. The van der Waals surface area contributed by atoms with Crippen molar-refractivity contribution in [3.63, 3.8) is 0 Å². The molecule has 1 aliphatic rings. The number of aromatic nitrogens is 1. The molecule has 0 atom stereocenters. The van der Waals surface area contributed by atoms with Gasteiger partial charge < -0.3 is 0 Å². The highest BCUT2D eigenvalue weighted by Gasteiger charge is 2.08. The highest BCUT2D eigenvalue weighted by Crippen LogP contribution is 2.21. The van der Waals surface area contributed by atoms with Crippen LogP contribution in [0.5, 0.6) is 0 Å². The number of fused-ring (bicyclic) bond motifs is 1. The summed E-state index contributed by atoms with van der Waals surface area (Å²) in [5.41, 5.74) is 2.38. The van der Waals surface area contributed by atoms with E-state index in [2.05, 4.69) is 25.9 Å². The van der Waals surface area contributed by atoms with Crippen LogP contribution >= 0.6 is 15.9 Å². The van der Waals surface area contributed by atoms with Crippen molar-refractivity contribution in [1.82, 2.24) is 4.98 Å². The highest BCUT2D eigenvalue weighted by atomic mass is 79.9. The Morgan fingerprint density at radius 3 is 3.10 bits per heavy atom. The van der Waals surface area contributed by atoms with Crippen LogP contribution in [0.2, 0.25) is 0 Å². The average molecular weight is 197 g/mol. The molecule has 2 nitrogen and oxygen atoms in total. The molecule has 1 aliphatic heterocycles. The Hall–Kier alpha value is -0.700. The molecule has 2 heterocycles. The second-order valence-corrected chi connectivity index (χ2v) is 3.02. The minimum absolute atomic E-state index is 0.780. The number of pyridine rings is 1. The van der Waals surface area contributed by atoms with Crippen molar-refractivity contribution < 1.29 is 0 Å². The van der Waals surface area contributed by atoms with E-state index < -0.39 is 0 Å². The van der Waals surface area contributed by atoms with E-state index >= 15 is 0 Å². The first-order chi connectivity index (χ1) is 4.88. The van der Waals surface area contributed by atoms with Gasteiger partial charge in [-0.1, -0.05) is 0 Å². The number of hydrogen-bond acceptors (Lipinski definition) is 2. The minimum atomic E-state index is 0.780. The van der Waals surface area contributed by atoms with Gasteiger partial charge in [0, 0.05) is 34.2 Å². The van der Waals surface area contributed by atoms with E-state index in [1.807, 2.05) is 12.4 Å². The van der Waals surface area contributed by atoms with Crippen molar-refractivity contribution in [1.29, 1.82) is 0 Å². The quantitative estimate of drug-likeness (QED) is 0.622. The Bertz CT molecular complexity index is 294. The third-order valence-electron chi connectivity index (χ3n) is 1.50. The molecule has 0 fully saturated rings. The van der Waals surface area contributed by atoms with E-state index in [0.717, 1.165) is 11.0 Å². The number of halogens is 1. The summed E-state index contributed by atoms with van der Waals surface area (Å²) in [6.45, 7) is 0.780. The fraction of sp³-hybridized carbons (Fsp3) is 0.143. The maximum Gasteiger partial charge on any atom is 0.0661 e. The first-order valence-electron chi connectivity index (χ1n) is 3.00. The van der Waals surface area contributed by atoms with E-state index in [0.29, 0.717) is 0 Å². The van der Waals surface area contributed by atoms with Crippen LogP contribution in [0.15, 0.2) is 21.9 Å². The largest absolute Gasteiger partial charge is 0.288 e. The standard InChI is InChI=1S/C7H5BrN2/c8-7-4-10-2-5-1-9-3-6(5)7/h2-4H,1H2. The molecule has 0 radical (unpaired) electrons. The van der Waals surface area contributed by atoms with Crippen molar-refractivity contribution in [2.75, 3.05) is 0 Å². The Morgan fingerprint density at radius 2 is 2.30 bits per heavy atom. The van der Waals surface area contributed by atoms with E-state index in [4.69, 9.17) is 0 Å². The summed E-state index contributed by atoms with van der Waals surface area (Å²) in [7, 11) is 0. The normalized spacial score (nSPS) is 13.7. The predicted octanol–water partition coefficient (Wildman–Crippen LogP) is 1.78. The van der Waals surface area contributed by atoms with Crippen LogP contribution in [0.4, 0.5) is 0 Å². The molecule has 10 heavy (non-hydrogen) atoms. The second-order valence-electron chi connectivity index (χ2n) is 2.16. The lowest BCUT2D eigenvalue weighted by Gasteiger charge is -1.95. The van der Waals surface area contributed by atoms with Gasteiger partial charge in [0.1, 0.15) is 0 Å². The lowest BCUT2D eigenvalue weighted by molar-refractivity contribution is 1.08. The van der Waals surface area contributed by atoms with Gasteiger partial charge in [-0.15, -0.1) is 0 Å². The Labute approximate surface area is 67.1 Å². The van der Waals surface area contributed by atoms with E-state index in [-0.39, 0.29) is 0 Å². The maximum absolute atomic E-state index is 4.12. The summed E-state index contributed by atoms with van der Waals surface area (Å²) in [4.78, 5) is 8.15. The van der Waals surface area contributed by atoms with Gasteiger partial charge >= 0.3 is 0 Å². The first-order valence-corrected chi connectivity index (χ1v) is 3.79. The molecule has 3 heteroatoms. The molecule has 0 N–H and O–H groups in total. The molecule has 2 rings (SSSR count). The van der Waals surface area contributed by atoms with E-state index in [1.54, 1.807) is 6.20 Å². The zero-order chi connectivity index (χ0) is 6.97. The molecule has 0 aliphatic carbocycles. The smallest absolute Gasteiger partial charge is 0.0661 e. The van der Waals surface area contributed by atoms with Crippen LogP contribution in [0.1, 0.15) is 11.1 Å². The van der Waals surface area contributed by atoms with Crippen LogP contribution in [0.25, 0.3) is 0 Å². The Morgan fingerprint density at radius 1 is 1.40 bits per heavy atom. The van der Waals surface area contributed by atoms with Crippen LogP contribution in [0.3, 0.4) is 0 Å². The van der Waals surface area contributed by atoms with Gasteiger partial charge in [-0.25, -0.2) is 0 Å². The molecule has 50 valence electrons. The zero-order valence-electron chi connectivity index (χ0n) is 5.21. The van der Waals surface area contributed by atoms with Gasteiger partial charge in [0.15, 0.2) is 0 Å². The SMILES string of the molecule is Brc1cncc2c1C=NC2. The van der Waals surface area contributed by atoms with Crippen molar-refractivity contribution in [2.45, 2.75) is 6.54 Å². The first kappa shape index (κ1) is 6.04. The molecule has 1 aromatic rings. The van der Waals surface area contributed by atoms with Gasteiger partial charge in [0.25, 0.3) is 0 Å². The van der Waals surface area contributed by atoms with Gasteiger partial charge in [0.2, 0.25) is 0 Å². The van der Waals surface area contributed by atoms with Crippen LogP contribution in [0, 0.1) is 0 Å². The number of aliphatic imine (C=N–C) groups is 1. The summed E-state index contributed by atoms with van der Waals surface area (Å²) in [6, 6.07) is 0. The summed E-state index contributed by atoms with van der Waals surface area (Å²) in [6.07, 6.45) is 5.52. The summed E-state index contributed by atoms with van der Waals surface area (Å²) in [5, 5.41) is 0. The van der Waals surface area contributed by atoms with Gasteiger partial charge in [-0.05, 0) is 15.9 Å². The second kappa shape index (κ2) is 2.16. The highest BCUT2D eigenvalue weighted by molar-refractivity contribution is 9.10. The molecule has 0 spiro atoms. The van der Waals surface area contributed by atoms with Crippen LogP contribution in [-0.4, -0.2) is 11.2 Å². The third-order valence-corrected chi connectivity index (χ3v) is 2.14. The van der Waals surface area contributed by atoms with Crippen molar-refractivity contribution in [3.8, 4) is 0 Å². The van der Waals surface area contributed by atoms with Crippen molar-refractivity contribution in [2.24, 2.45) is 4.99 Å². The van der Waals surface area contributed by atoms with Crippen LogP contribution in [-0.2, 0) is 6.54 Å². The molecule has 0 saturated carbocycles. The number of hydrogen-bond donors (Lipinski definition) is 0. The molecule has 0 amide bonds. The fourth-order valence-electron chi connectivity index (χ4n) is 0.991. The van der Waals surface area contributed by atoms with Gasteiger partial charge in [0.05, 0.1) is 6.54 Å². The average Bonchev–Trinajstić information content (AvgIpc) is 2.36. The Kier molecular flexibility index (Phi) is 1.31. The molecule has 0 saturated heterocycles. The zero-order valence-corrected chi connectivity index (χ0v) is 6.80. The minimum Gasteiger partial charge on any atom is -0.288 e. The summed E-state index contributed by atoms with van der Waals surface area (Å²) < 4.78 is 1.03. The predicted molar refractivity (Wildman–Crippen MR) is 43.2 cm³/mol. The van der Waals surface area contributed by atoms with Crippen molar-refractivity contribution >= 4 is 22.1 Å². The summed E-state index contributed by atoms with van der Waals surface area (Å²) >= 11 is 3.39. The number of rotatable bonds is 0. The van der Waals surface area contributed by atoms with Crippen molar-refractivity contribution in [3.05, 3.63) is 28.0 Å². The topological polar surface area (TPSA) is 25.2 Å². The Balaban J connectivity index is 2.67. The van der Waals surface area contributed by atoms with Crippen LogP contribution < -0.4 is 0 Å². The number of nitrogens with zero attached hydrogens (tertiary/aromatic N) is 2. The lowest BCUT2D eigenvalue weighted by atomic mass is 10.2. The molecule has 0 unspecified atom stereocenters. The molecular weight excluding hydrogens is 192 g/mol. The molecular formula is C7H5BrN2. The van der Waals surface area contributed by atoms with E-state index in [9.17, 15) is 0 Å². The maximum atomic E-state index is 4.12.